The largest absolute Gasteiger partial charge is 0.321 e. The van der Waals surface area contributed by atoms with Gasteiger partial charge in [0.1, 0.15) is 4.60 Å². The highest BCUT2D eigenvalue weighted by Gasteiger charge is 2.17. The van der Waals surface area contributed by atoms with Gasteiger partial charge in [-0.15, -0.1) is 0 Å². The molecule has 1 N–H and O–H groups in total. The monoisotopic (exact) mass is 215 g/mol. The van der Waals surface area contributed by atoms with E-state index in [2.05, 4.69) is 30.8 Å². The molecule has 11 heavy (non-hydrogen) atoms. The number of aromatic nitrogens is 2. The lowest BCUT2D eigenvalue weighted by Gasteiger charge is -2.10. The molecule has 0 spiro atoms. The first kappa shape index (κ1) is 7.31. The molecule has 1 aliphatic rings. The van der Waals surface area contributed by atoms with E-state index >= 15 is 0 Å². The zero-order chi connectivity index (χ0) is 7.68. The maximum absolute atomic E-state index is 4.05. The molecule has 1 saturated heterocycles. The van der Waals surface area contributed by atoms with E-state index in [-0.39, 0.29) is 0 Å². The second-order valence-electron chi connectivity index (χ2n) is 2.77. The average Bonchev–Trinajstić information content (AvgIpc) is 2.55. The summed E-state index contributed by atoms with van der Waals surface area (Å²) < 4.78 is 3.24. The minimum atomic E-state index is 0.590. The average molecular weight is 216 g/mol. The lowest BCUT2D eigenvalue weighted by atomic mass is 10.3. The first-order chi connectivity index (χ1) is 5.38. The van der Waals surface area contributed by atoms with Crippen molar-refractivity contribution >= 4 is 15.9 Å². The topological polar surface area (TPSA) is 29.9 Å². The van der Waals surface area contributed by atoms with Crippen LogP contribution in [0.2, 0.25) is 0 Å². The molecular weight excluding hydrogens is 206 g/mol. The van der Waals surface area contributed by atoms with Gasteiger partial charge in [-0.2, -0.15) is 0 Å². The second-order valence-corrected chi connectivity index (χ2v) is 3.58. The quantitative estimate of drug-likeness (QED) is 0.763. The van der Waals surface area contributed by atoms with Crippen LogP contribution < -0.4 is 5.32 Å². The Hall–Kier alpha value is -0.350. The molecule has 0 saturated carbocycles. The number of hydrogen-bond acceptors (Lipinski definition) is 2. The number of imidazole rings is 1. The first-order valence-corrected chi connectivity index (χ1v) is 4.55. The highest BCUT2D eigenvalue weighted by atomic mass is 79.9. The summed E-state index contributed by atoms with van der Waals surface area (Å²) in [4.78, 5) is 4.05. The Morgan fingerprint density at radius 3 is 3.18 bits per heavy atom. The van der Waals surface area contributed by atoms with Crippen molar-refractivity contribution in [1.29, 1.82) is 0 Å². The number of nitrogens with one attached hydrogen (secondary N) is 1. The molecule has 3 nitrogen and oxygen atoms in total. The maximum Gasteiger partial charge on any atom is 0.105 e. The summed E-state index contributed by atoms with van der Waals surface area (Å²) >= 11 is 3.45. The third kappa shape index (κ3) is 1.32. The van der Waals surface area contributed by atoms with Gasteiger partial charge in [0.05, 0.1) is 12.5 Å². The second kappa shape index (κ2) is 2.95. The van der Waals surface area contributed by atoms with E-state index in [0.717, 1.165) is 17.7 Å². The van der Waals surface area contributed by atoms with Crippen LogP contribution in [0.25, 0.3) is 0 Å². The highest BCUT2D eigenvalue weighted by Crippen LogP contribution is 2.20. The van der Waals surface area contributed by atoms with Gasteiger partial charge < -0.3 is 9.88 Å². The Kier molecular flexibility index (Phi) is 1.96. The standard InChI is InChI=1S/C7H10BrN3/c8-7-4-10-5-11(7)6-1-2-9-3-6/h4-6,9H,1-3H2. The van der Waals surface area contributed by atoms with Gasteiger partial charge in [0.25, 0.3) is 0 Å². The molecule has 0 amide bonds. The fraction of sp³-hybridized carbons (Fsp3) is 0.571. The van der Waals surface area contributed by atoms with Crippen LogP contribution in [0.15, 0.2) is 17.1 Å². The molecule has 60 valence electrons. The fourth-order valence-corrected chi connectivity index (χ4v) is 1.93. The molecule has 0 radical (unpaired) electrons. The molecule has 1 unspecified atom stereocenters. The third-order valence-corrected chi connectivity index (χ3v) is 2.66. The van der Waals surface area contributed by atoms with Crippen molar-refractivity contribution in [3.63, 3.8) is 0 Å². The van der Waals surface area contributed by atoms with Gasteiger partial charge in [-0.1, -0.05) is 0 Å². The predicted octanol–water partition coefficient (Wildman–Crippen LogP) is 1.18. The molecular formula is C7H10BrN3. The Balaban J connectivity index is 2.21. The van der Waals surface area contributed by atoms with E-state index in [1.807, 2.05) is 12.5 Å². The number of nitrogens with zero attached hydrogens (tertiary/aromatic N) is 2. The number of halogens is 1. The van der Waals surface area contributed by atoms with E-state index in [1.165, 1.54) is 6.42 Å². The van der Waals surface area contributed by atoms with Crippen molar-refractivity contribution in [1.82, 2.24) is 14.9 Å². The molecule has 1 atom stereocenters. The van der Waals surface area contributed by atoms with Crippen LogP contribution in [-0.2, 0) is 0 Å². The summed E-state index contributed by atoms with van der Waals surface area (Å²) in [5.74, 6) is 0. The SMILES string of the molecule is Brc1cncn1C1CCNC1. The summed E-state index contributed by atoms with van der Waals surface area (Å²) in [5.41, 5.74) is 0. The summed E-state index contributed by atoms with van der Waals surface area (Å²) in [6.07, 6.45) is 4.91. The highest BCUT2D eigenvalue weighted by molar-refractivity contribution is 9.10. The van der Waals surface area contributed by atoms with Gasteiger partial charge in [-0.25, -0.2) is 4.98 Å². The molecule has 2 heterocycles. The van der Waals surface area contributed by atoms with Crippen molar-refractivity contribution in [3.05, 3.63) is 17.1 Å². The van der Waals surface area contributed by atoms with Crippen molar-refractivity contribution in [2.45, 2.75) is 12.5 Å². The molecule has 1 fully saturated rings. The zero-order valence-corrected chi connectivity index (χ0v) is 7.71. The first-order valence-electron chi connectivity index (χ1n) is 3.76. The number of rotatable bonds is 1. The maximum atomic E-state index is 4.05. The van der Waals surface area contributed by atoms with Crippen LogP contribution in [0.1, 0.15) is 12.5 Å². The van der Waals surface area contributed by atoms with Crippen LogP contribution in [0.3, 0.4) is 0 Å². The minimum Gasteiger partial charge on any atom is -0.321 e. The van der Waals surface area contributed by atoms with Crippen LogP contribution in [-0.4, -0.2) is 22.6 Å². The van der Waals surface area contributed by atoms with Crippen LogP contribution in [0.4, 0.5) is 0 Å². The third-order valence-electron chi connectivity index (χ3n) is 2.05. The summed E-state index contributed by atoms with van der Waals surface area (Å²) in [6, 6.07) is 0.590. The van der Waals surface area contributed by atoms with Crippen molar-refractivity contribution < 1.29 is 0 Å². The van der Waals surface area contributed by atoms with Gasteiger partial charge in [-0.3, -0.25) is 0 Å². The van der Waals surface area contributed by atoms with Gasteiger partial charge in [0.15, 0.2) is 0 Å². The van der Waals surface area contributed by atoms with E-state index < -0.39 is 0 Å². The van der Waals surface area contributed by atoms with Crippen LogP contribution in [0, 0.1) is 0 Å². The van der Waals surface area contributed by atoms with Crippen molar-refractivity contribution in [2.75, 3.05) is 13.1 Å². The van der Waals surface area contributed by atoms with Gasteiger partial charge in [0, 0.05) is 12.6 Å². The molecule has 0 aliphatic carbocycles. The van der Waals surface area contributed by atoms with Gasteiger partial charge in [-0.05, 0) is 28.9 Å². The Morgan fingerprint density at radius 2 is 2.64 bits per heavy atom. The van der Waals surface area contributed by atoms with E-state index in [4.69, 9.17) is 0 Å². The lowest BCUT2D eigenvalue weighted by molar-refractivity contribution is 0.538. The molecule has 2 rings (SSSR count). The van der Waals surface area contributed by atoms with E-state index in [0.29, 0.717) is 6.04 Å². The van der Waals surface area contributed by atoms with Gasteiger partial charge >= 0.3 is 0 Å². The Bertz CT molecular complexity index is 240. The summed E-state index contributed by atoms with van der Waals surface area (Å²) in [6.45, 7) is 2.18. The van der Waals surface area contributed by atoms with Gasteiger partial charge in [0.2, 0.25) is 0 Å². The van der Waals surface area contributed by atoms with E-state index in [9.17, 15) is 0 Å². The zero-order valence-electron chi connectivity index (χ0n) is 6.13. The normalized spacial score (nSPS) is 24.3. The smallest absolute Gasteiger partial charge is 0.105 e. The molecule has 0 bridgehead atoms. The van der Waals surface area contributed by atoms with E-state index in [1.54, 1.807) is 0 Å². The van der Waals surface area contributed by atoms with Crippen LogP contribution in [0.5, 0.6) is 0 Å². The Labute approximate surface area is 73.9 Å². The molecule has 1 aromatic heterocycles. The predicted molar refractivity (Wildman–Crippen MR) is 46.5 cm³/mol. The molecule has 4 heteroatoms. The number of hydrogen-bond donors (Lipinski definition) is 1. The summed E-state index contributed by atoms with van der Waals surface area (Å²) in [7, 11) is 0. The molecule has 1 aromatic rings. The Morgan fingerprint density at radius 1 is 1.73 bits per heavy atom. The fourth-order valence-electron chi connectivity index (χ4n) is 1.43. The summed E-state index contributed by atoms with van der Waals surface area (Å²) in [5, 5.41) is 3.32. The molecule has 0 aromatic carbocycles. The minimum absolute atomic E-state index is 0.590. The lowest BCUT2D eigenvalue weighted by Crippen LogP contribution is -2.12. The van der Waals surface area contributed by atoms with Crippen molar-refractivity contribution in [3.8, 4) is 0 Å². The molecule has 1 aliphatic heterocycles. The van der Waals surface area contributed by atoms with Crippen molar-refractivity contribution in [2.24, 2.45) is 0 Å². The van der Waals surface area contributed by atoms with Crippen LogP contribution >= 0.6 is 15.9 Å².